The Labute approximate surface area is 280 Å². The molecule has 0 aromatic rings. The highest BCUT2D eigenvalue weighted by atomic mass is 16.6. The fourth-order valence-corrected chi connectivity index (χ4v) is 7.40. The van der Waals surface area contributed by atoms with Crippen molar-refractivity contribution in [3.05, 3.63) is 0 Å². The van der Waals surface area contributed by atoms with Crippen LogP contribution in [0, 0.1) is 46.8 Å². The lowest BCUT2D eigenvalue weighted by atomic mass is 9.88. The van der Waals surface area contributed by atoms with E-state index in [1.54, 1.807) is 20.8 Å². The first-order valence-corrected chi connectivity index (χ1v) is 15.5. The van der Waals surface area contributed by atoms with Gasteiger partial charge in [-0.2, -0.15) is 0 Å². The van der Waals surface area contributed by atoms with E-state index in [4.69, 9.17) is 28.4 Å². The van der Waals surface area contributed by atoms with Gasteiger partial charge in [0.2, 0.25) is 0 Å². The summed E-state index contributed by atoms with van der Waals surface area (Å²) in [5, 5.41) is 0. The van der Waals surface area contributed by atoms with Crippen molar-refractivity contribution in [1.29, 1.82) is 0 Å². The van der Waals surface area contributed by atoms with Crippen molar-refractivity contribution in [3.8, 4) is 0 Å². The van der Waals surface area contributed by atoms with Crippen LogP contribution in [0.15, 0.2) is 0 Å². The Kier molecular flexibility index (Phi) is 14.5. The molecule has 11 unspecified atom stereocenters. The first-order valence-electron chi connectivity index (χ1n) is 15.5. The van der Waals surface area contributed by atoms with Crippen LogP contribution in [0.5, 0.6) is 0 Å². The standard InChI is InChI=1S/C16H22O6.C15H20O6.4CH4/c1-4-16(2,3)15(19)20-7-11(17)21-12-8-5-9-10(6-8)14(18)22-13(9)12;1-3-7(2)14(17)19-6-11(16)20-12-8-4-9-10(5-8)15(18)21-13(9)12;;;;/h8-10,12-13H,4-7H2,1-3H3;7-10,12-13H,3-6H2,1-2H3;4*1H4. The molecule has 0 spiro atoms. The first-order chi connectivity index (χ1) is 20.3. The van der Waals surface area contributed by atoms with E-state index in [0.717, 1.165) is 25.7 Å². The van der Waals surface area contributed by atoms with Gasteiger partial charge in [-0.15, -0.1) is 0 Å². The van der Waals surface area contributed by atoms with Crippen LogP contribution in [0.3, 0.4) is 0 Å². The topological polar surface area (TPSA) is 158 Å². The summed E-state index contributed by atoms with van der Waals surface area (Å²) in [6.07, 6.45) is 3.19. The molecule has 270 valence electrons. The molecule has 0 radical (unpaired) electrons. The molecule has 4 bridgehead atoms. The minimum Gasteiger partial charge on any atom is -0.458 e. The van der Waals surface area contributed by atoms with E-state index in [2.05, 4.69) is 0 Å². The first kappa shape index (κ1) is 41.8. The van der Waals surface area contributed by atoms with Gasteiger partial charge in [-0.25, -0.2) is 9.59 Å². The van der Waals surface area contributed by atoms with Gasteiger partial charge in [0, 0.05) is 23.7 Å². The van der Waals surface area contributed by atoms with Crippen molar-refractivity contribution in [1.82, 2.24) is 0 Å². The number of ether oxygens (including phenoxy) is 6. The number of carbonyl (C=O) groups is 6. The molecular formula is C35H58O12. The van der Waals surface area contributed by atoms with Crippen LogP contribution in [0.1, 0.15) is 103 Å². The summed E-state index contributed by atoms with van der Waals surface area (Å²) in [5.41, 5.74) is -0.610. The summed E-state index contributed by atoms with van der Waals surface area (Å²) in [6.45, 7) is 8.30. The van der Waals surface area contributed by atoms with Crippen molar-refractivity contribution in [2.24, 2.45) is 46.8 Å². The third kappa shape index (κ3) is 8.11. The van der Waals surface area contributed by atoms with E-state index in [0.29, 0.717) is 12.8 Å². The van der Waals surface area contributed by atoms with Crippen LogP contribution in [0.2, 0.25) is 0 Å². The molecule has 4 saturated carbocycles. The predicted octanol–water partition coefficient (Wildman–Crippen LogP) is 5.07. The summed E-state index contributed by atoms with van der Waals surface area (Å²) < 4.78 is 31.4. The number of hydrogen-bond donors (Lipinski definition) is 0. The molecule has 0 aromatic heterocycles. The van der Waals surface area contributed by atoms with Gasteiger partial charge in [0.1, 0.15) is 24.4 Å². The van der Waals surface area contributed by atoms with Gasteiger partial charge >= 0.3 is 35.8 Å². The Balaban J connectivity index is 0.000000433. The minimum atomic E-state index is -0.610. The molecule has 2 aliphatic heterocycles. The number of rotatable bonds is 10. The molecule has 47 heavy (non-hydrogen) atoms. The monoisotopic (exact) mass is 670 g/mol. The quantitative estimate of drug-likeness (QED) is 0.225. The molecule has 0 amide bonds. The number of hydrogen-bond acceptors (Lipinski definition) is 12. The maximum Gasteiger partial charge on any atom is 0.344 e. The van der Waals surface area contributed by atoms with Crippen molar-refractivity contribution in [2.75, 3.05) is 13.2 Å². The molecular weight excluding hydrogens is 612 g/mol. The average molecular weight is 671 g/mol. The van der Waals surface area contributed by atoms with E-state index in [9.17, 15) is 28.8 Å². The Morgan fingerprint density at radius 1 is 0.745 bits per heavy atom. The second kappa shape index (κ2) is 16.3. The molecule has 12 nitrogen and oxygen atoms in total. The highest BCUT2D eigenvalue weighted by Gasteiger charge is 2.64. The Bertz CT molecular complexity index is 1160. The van der Waals surface area contributed by atoms with E-state index in [-0.39, 0.29) is 121 Å². The maximum atomic E-state index is 11.9. The zero-order chi connectivity index (χ0) is 31.2. The SMILES string of the molecule is C.C.C.C.CCC(C)(C)C(=O)OCC(=O)OC1C2CC3C(=O)OC1C3C2.CCC(C)C(=O)OCC(=O)OC1C2CC3C(=O)OC1C3C2. The van der Waals surface area contributed by atoms with E-state index >= 15 is 0 Å². The summed E-state index contributed by atoms with van der Waals surface area (Å²) >= 11 is 0. The third-order valence-corrected chi connectivity index (χ3v) is 10.5. The molecule has 6 aliphatic rings. The van der Waals surface area contributed by atoms with Gasteiger partial charge < -0.3 is 28.4 Å². The lowest BCUT2D eigenvalue weighted by molar-refractivity contribution is -0.172. The number of esters is 6. The van der Waals surface area contributed by atoms with Crippen LogP contribution >= 0.6 is 0 Å². The summed E-state index contributed by atoms with van der Waals surface area (Å²) in [5.74, 6) is -1.71. The molecule has 2 heterocycles. The van der Waals surface area contributed by atoms with Crippen LogP contribution in [0.25, 0.3) is 0 Å². The molecule has 4 aliphatic carbocycles. The van der Waals surface area contributed by atoms with Crippen molar-refractivity contribution < 1.29 is 57.2 Å². The van der Waals surface area contributed by atoms with Crippen LogP contribution in [0.4, 0.5) is 0 Å². The van der Waals surface area contributed by atoms with Crippen molar-refractivity contribution in [3.63, 3.8) is 0 Å². The Morgan fingerprint density at radius 2 is 1.17 bits per heavy atom. The smallest absolute Gasteiger partial charge is 0.344 e. The fraction of sp³-hybridized carbons (Fsp3) is 0.829. The van der Waals surface area contributed by atoms with Crippen LogP contribution in [-0.4, -0.2) is 73.4 Å². The average Bonchev–Trinajstić information content (AvgIpc) is 3.80. The van der Waals surface area contributed by atoms with Crippen molar-refractivity contribution >= 4 is 35.8 Å². The normalized spacial score (nSPS) is 33.2. The second-order valence-corrected chi connectivity index (χ2v) is 13.4. The fourth-order valence-electron chi connectivity index (χ4n) is 7.40. The van der Waals surface area contributed by atoms with Crippen LogP contribution < -0.4 is 0 Å². The highest BCUT2D eigenvalue weighted by Crippen LogP contribution is 2.56. The van der Waals surface area contributed by atoms with Gasteiger partial charge in [-0.05, 0) is 52.4 Å². The van der Waals surface area contributed by atoms with E-state index < -0.39 is 29.3 Å². The summed E-state index contributed by atoms with van der Waals surface area (Å²) in [6, 6.07) is 0. The molecule has 6 rings (SSSR count). The summed E-state index contributed by atoms with van der Waals surface area (Å²) in [7, 11) is 0. The molecule has 0 N–H and O–H groups in total. The van der Waals surface area contributed by atoms with Gasteiger partial charge in [0.15, 0.2) is 13.2 Å². The van der Waals surface area contributed by atoms with Gasteiger partial charge in [-0.3, -0.25) is 19.2 Å². The highest BCUT2D eigenvalue weighted by molar-refractivity contribution is 5.81. The van der Waals surface area contributed by atoms with Gasteiger partial charge in [0.05, 0.1) is 23.2 Å². The molecule has 6 fully saturated rings. The van der Waals surface area contributed by atoms with Gasteiger partial charge in [0.25, 0.3) is 0 Å². The third-order valence-electron chi connectivity index (χ3n) is 10.5. The van der Waals surface area contributed by atoms with E-state index in [1.165, 1.54) is 0 Å². The number of carbonyl (C=O) groups excluding carboxylic acids is 6. The summed E-state index contributed by atoms with van der Waals surface area (Å²) in [4.78, 5) is 70.3. The molecule has 0 aromatic carbocycles. The predicted molar refractivity (Wildman–Crippen MR) is 171 cm³/mol. The maximum absolute atomic E-state index is 11.9. The minimum absolute atomic E-state index is 0. The zero-order valence-electron chi connectivity index (χ0n) is 25.4. The second-order valence-electron chi connectivity index (χ2n) is 13.4. The lowest BCUT2D eigenvalue weighted by Gasteiger charge is -2.25. The van der Waals surface area contributed by atoms with Crippen molar-refractivity contribution in [2.45, 2.75) is 127 Å². The van der Waals surface area contributed by atoms with E-state index in [1.807, 2.05) is 13.8 Å². The lowest BCUT2D eigenvalue weighted by Crippen LogP contribution is -2.37. The molecule has 11 atom stereocenters. The Hall–Kier alpha value is -3.18. The van der Waals surface area contributed by atoms with Gasteiger partial charge in [-0.1, -0.05) is 50.5 Å². The largest absolute Gasteiger partial charge is 0.458 e. The zero-order valence-corrected chi connectivity index (χ0v) is 25.4. The molecule has 12 heteroatoms. The molecule has 2 saturated heterocycles. The Morgan fingerprint density at radius 3 is 1.57 bits per heavy atom. The van der Waals surface area contributed by atoms with Crippen LogP contribution in [-0.2, 0) is 57.2 Å². The number of fused-ring (bicyclic) bond motifs is 2.